The number of esters is 1. The Labute approximate surface area is 163 Å². The van der Waals surface area contributed by atoms with E-state index in [0.29, 0.717) is 18.9 Å². The summed E-state index contributed by atoms with van der Waals surface area (Å²) in [5.74, 6) is -0.680. The van der Waals surface area contributed by atoms with E-state index in [2.05, 4.69) is 13.8 Å². The monoisotopic (exact) mass is 380 g/mol. The van der Waals surface area contributed by atoms with E-state index in [9.17, 15) is 14.7 Å². The third-order valence-electron chi connectivity index (χ3n) is 7.39. The number of ether oxygens (including phenoxy) is 1. The number of carboxylic acid groups (broad SMARTS) is 1. The number of carbonyl (C=O) groups excluding carboxylic acids is 1. The van der Waals surface area contributed by atoms with Crippen molar-refractivity contribution in [1.29, 1.82) is 0 Å². The van der Waals surface area contributed by atoms with Gasteiger partial charge in [0.1, 0.15) is 0 Å². The van der Waals surface area contributed by atoms with Gasteiger partial charge in [-0.2, -0.15) is 0 Å². The van der Waals surface area contributed by atoms with Gasteiger partial charge in [0.15, 0.2) is 0 Å². The van der Waals surface area contributed by atoms with E-state index in [1.165, 1.54) is 13.0 Å². The van der Waals surface area contributed by atoms with Crippen molar-refractivity contribution in [3.8, 4) is 0 Å². The first kappa shape index (κ1) is 21.9. The van der Waals surface area contributed by atoms with Gasteiger partial charge in [0.05, 0.1) is 12.2 Å². The quantitative estimate of drug-likeness (QED) is 0.529. The SMILES string of the molecule is CC(=O)OC[C@]1(C)CCC[C@]2(C)[C@@H](CC/C(C)=C/C(=O)O)[C@](C)(O)CC[C@@H]12. The molecule has 0 unspecified atom stereocenters. The molecular weight excluding hydrogens is 344 g/mol. The number of rotatable bonds is 6. The van der Waals surface area contributed by atoms with Gasteiger partial charge in [-0.3, -0.25) is 4.79 Å². The molecule has 2 aliphatic carbocycles. The molecule has 5 nitrogen and oxygen atoms in total. The lowest BCUT2D eigenvalue weighted by Crippen LogP contribution is -2.59. The minimum Gasteiger partial charge on any atom is -0.478 e. The molecule has 0 aromatic carbocycles. The van der Waals surface area contributed by atoms with Crippen molar-refractivity contribution in [1.82, 2.24) is 0 Å². The lowest BCUT2D eigenvalue weighted by molar-refractivity contribution is -0.186. The third kappa shape index (κ3) is 4.74. The molecule has 5 heteroatoms. The van der Waals surface area contributed by atoms with Crippen LogP contribution in [0.4, 0.5) is 0 Å². The maximum Gasteiger partial charge on any atom is 0.328 e. The van der Waals surface area contributed by atoms with E-state index in [4.69, 9.17) is 9.84 Å². The first-order valence-corrected chi connectivity index (χ1v) is 10.2. The Morgan fingerprint density at radius 3 is 2.41 bits per heavy atom. The van der Waals surface area contributed by atoms with Gasteiger partial charge in [-0.05, 0) is 69.6 Å². The second-order valence-electron chi connectivity index (χ2n) is 9.66. The molecule has 2 N–H and O–H groups in total. The molecule has 154 valence electrons. The molecule has 0 spiro atoms. The van der Waals surface area contributed by atoms with Crippen LogP contribution in [0.5, 0.6) is 0 Å². The van der Waals surface area contributed by atoms with E-state index in [1.54, 1.807) is 0 Å². The van der Waals surface area contributed by atoms with Gasteiger partial charge in [0, 0.05) is 18.4 Å². The van der Waals surface area contributed by atoms with Crippen LogP contribution in [0.1, 0.15) is 79.6 Å². The van der Waals surface area contributed by atoms with Crippen LogP contribution in [0.15, 0.2) is 11.6 Å². The highest BCUT2D eigenvalue weighted by molar-refractivity contribution is 5.80. The Balaban J connectivity index is 2.26. The van der Waals surface area contributed by atoms with Gasteiger partial charge in [-0.25, -0.2) is 4.79 Å². The zero-order valence-corrected chi connectivity index (χ0v) is 17.5. The van der Waals surface area contributed by atoms with Gasteiger partial charge in [-0.15, -0.1) is 0 Å². The van der Waals surface area contributed by atoms with Crippen LogP contribution < -0.4 is 0 Å². The molecule has 0 aromatic heterocycles. The fourth-order valence-electron chi connectivity index (χ4n) is 6.17. The van der Waals surface area contributed by atoms with E-state index in [0.717, 1.165) is 44.1 Å². The van der Waals surface area contributed by atoms with E-state index >= 15 is 0 Å². The highest BCUT2D eigenvalue weighted by Crippen LogP contribution is 2.63. The van der Waals surface area contributed by atoms with Gasteiger partial charge in [-0.1, -0.05) is 25.8 Å². The topological polar surface area (TPSA) is 83.8 Å². The number of hydrogen-bond donors (Lipinski definition) is 2. The second kappa shape index (κ2) is 7.94. The number of allylic oxidation sites excluding steroid dienone is 1. The van der Waals surface area contributed by atoms with Crippen molar-refractivity contribution in [2.45, 2.75) is 85.2 Å². The first-order chi connectivity index (χ1) is 12.4. The van der Waals surface area contributed by atoms with Crippen LogP contribution in [0, 0.1) is 22.7 Å². The summed E-state index contributed by atoms with van der Waals surface area (Å²) in [6.07, 6.45) is 7.53. The maximum atomic E-state index is 11.4. The molecule has 2 saturated carbocycles. The molecule has 2 fully saturated rings. The van der Waals surface area contributed by atoms with Gasteiger partial charge in [0.2, 0.25) is 0 Å². The van der Waals surface area contributed by atoms with Crippen molar-refractivity contribution < 1.29 is 24.5 Å². The summed E-state index contributed by atoms with van der Waals surface area (Å²) in [6, 6.07) is 0. The number of carbonyl (C=O) groups is 2. The predicted molar refractivity (Wildman–Crippen MR) is 104 cm³/mol. The Hall–Kier alpha value is -1.36. The molecule has 0 amide bonds. The smallest absolute Gasteiger partial charge is 0.328 e. The van der Waals surface area contributed by atoms with E-state index < -0.39 is 11.6 Å². The molecular formula is C22H36O5. The molecule has 0 aliphatic heterocycles. The van der Waals surface area contributed by atoms with E-state index in [-0.39, 0.29) is 22.7 Å². The Morgan fingerprint density at radius 1 is 1.15 bits per heavy atom. The lowest BCUT2D eigenvalue weighted by atomic mass is 9.45. The molecule has 0 heterocycles. The van der Waals surface area contributed by atoms with Gasteiger partial charge < -0.3 is 14.9 Å². The van der Waals surface area contributed by atoms with Crippen LogP contribution in [-0.4, -0.2) is 34.4 Å². The van der Waals surface area contributed by atoms with Crippen molar-refractivity contribution >= 4 is 11.9 Å². The summed E-state index contributed by atoms with van der Waals surface area (Å²) in [4.78, 5) is 22.3. The second-order valence-corrected chi connectivity index (χ2v) is 9.66. The number of aliphatic carboxylic acids is 1. The fourth-order valence-corrected chi connectivity index (χ4v) is 6.17. The minimum atomic E-state index is -0.918. The molecule has 27 heavy (non-hydrogen) atoms. The van der Waals surface area contributed by atoms with Gasteiger partial charge in [0.25, 0.3) is 0 Å². The third-order valence-corrected chi connectivity index (χ3v) is 7.39. The molecule has 5 atom stereocenters. The van der Waals surface area contributed by atoms with Crippen molar-refractivity contribution in [2.75, 3.05) is 6.61 Å². The fraction of sp³-hybridized carbons (Fsp3) is 0.818. The Bertz CT molecular complexity index is 608. The average Bonchev–Trinajstić information content (AvgIpc) is 2.51. The number of carboxylic acids is 1. The highest BCUT2D eigenvalue weighted by atomic mass is 16.5. The highest BCUT2D eigenvalue weighted by Gasteiger charge is 2.59. The summed E-state index contributed by atoms with van der Waals surface area (Å²) < 4.78 is 5.43. The summed E-state index contributed by atoms with van der Waals surface area (Å²) in [5.41, 5.74) is -0.0332. The molecule has 2 rings (SSSR count). The predicted octanol–water partition coefficient (Wildman–Crippen LogP) is 4.33. The Kier molecular flexibility index (Phi) is 6.45. The summed E-state index contributed by atoms with van der Waals surface area (Å²) in [7, 11) is 0. The molecule has 0 saturated heterocycles. The first-order valence-electron chi connectivity index (χ1n) is 10.2. The van der Waals surface area contributed by atoms with Crippen LogP contribution in [0.2, 0.25) is 0 Å². The summed E-state index contributed by atoms with van der Waals surface area (Å²) in [5, 5.41) is 20.2. The largest absolute Gasteiger partial charge is 0.478 e. The van der Waals surface area contributed by atoms with Crippen LogP contribution >= 0.6 is 0 Å². The standard InChI is InChI=1S/C22H36O5/c1-15(13-19(24)25)7-8-18-21(4)11-6-10-20(3,14-27-16(2)23)17(21)9-12-22(18,5)26/h13,17-18,26H,6-12,14H2,1-5H3,(H,24,25)/b15-13+/t17-,18+,20-,21-,22+/m0/s1. The molecule has 0 radical (unpaired) electrons. The van der Waals surface area contributed by atoms with Gasteiger partial charge >= 0.3 is 11.9 Å². The molecule has 2 aliphatic rings. The normalized spacial score (nSPS) is 39.6. The Morgan fingerprint density at radius 2 is 1.81 bits per heavy atom. The summed E-state index contributed by atoms with van der Waals surface area (Å²) in [6.45, 7) is 10.2. The van der Waals surface area contributed by atoms with Crippen molar-refractivity contribution in [3.63, 3.8) is 0 Å². The van der Waals surface area contributed by atoms with Crippen molar-refractivity contribution in [3.05, 3.63) is 11.6 Å². The number of hydrogen-bond acceptors (Lipinski definition) is 4. The van der Waals surface area contributed by atoms with Crippen LogP contribution in [-0.2, 0) is 14.3 Å². The maximum absolute atomic E-state index is 11.4. The number of aliphatic hydroxyl groups is 1. The average molecular weight is 381 g/mol. The summed E-state index contributed by atoms with van der Waals surface area (Å²) >= 11 is 0. The van der Waals surface area contributed by atoms with Crippen LogP contribution in [0.3, 0.4) is 0 Å². The number of fused-ring (bicyclic) bond motifs is 1. The zero-order chi connectivity index (χ0) is 20.5. The van der Waals surface area contributed by atoms with Crippen LogP contribution in [0.25, 0.3) is 0 Å². The molecule has 0 bridgehead atoms. The lowest BCUT2D eigenvalue weighted by Gasteiger charge is -2.61. The van der Waals surface area contributed by atoms with Crippen molar-refractivity contribution in [2.24, 2.45) is 22.7 Å². The minimum absolute atomic E-state index is 0.0433. The van der Waals surface area contributed by atoms with E-state index in [1.807, 2.05) is 13.8 Å². The zero-order valence-electron chi connectivity index (χ0n) is 17.5. The molecule has 0 aromatic rings.